The first-order valence-corrected chi connectivity index (χ1v) is 11.4. The van der Waals surface area contributed by atoms with Crippen molar-refractivity contribution in [2.75, 3.05) is 42.9 Å². The van der Waals surface area contributed by atoms with Crippen LogP contribution >= 0.6 is 0 Å². The van der Waals surface area contributed by atoms with Crippen molar-refractivity contribution >= 4 is 39.4 Å². The molecule has 0 saturated carbocycles. The van der Waals surface area contributed by atoms with Gasteiger partial charge in [0, 0.05) is 43.8 Å². The van der Waals surface area contributed by atoms with Gasteiger partial charge >= 0.3 is 0 Å². The summed E-state index contributed by atoms with van der Waals surface area (Å²) in [5.41, 5.74) is 5.09. The molecule has 8 heteroatoms. The van der Waals surface area contributed by atoms with Crippen molar-refractivity contribution in [2.24, 2.45) is 0 Å². The van der Waals surface area contributed by atoms with Gasteiger partial charge in [-0.15, -0.1) is 0 Å². The number of pyridine rings is 1. The van der Waals surface area contributed by atoms with E-state index in [1.54, 1.807) is 0 Å². The Labute approximate surface area is 188 Å². The maximum Gasteiger partial charge on any atom is 0.228 e. The summed E-state index contributed by atoms with van der Waals surface area (Å²) in [6, 6.07) is 8.51. The Balaban J connectivity index is 1.42. The molecule has 8 nitrogen and oxygen atoms in total. The summed E-state index contributed by atoms with van der Waals surface area (Å²) in [6.45, 7) is 14.0. The summed E-state index contributed by atoms with van der Waals surface area (Å²) in [4.78, 5) is 23.6. The second-order valence-electron chi connectivity index (χ2n) is 8.66. The molecule has 3 aromatic heterocycles. The molecule has 5 rings (SSSR count). The Hall–Kier alpha value is -3.26. The second-order valence-corrected chi connectivity index (χ2v) is 8.66. The van der Waals surface area contributed by atoms with E-state index in [1.165, 1.54) is 5.69 Å². The van der Waals surface area contributed by atoms with Crippen LogP contribution in [-0.2, 0) is 0 Å². The molecule has 0 aliphatic carbocycles. The third kappa shape index (κ3) is 3.75. The highest BCUT2D eigenvalue weighted by Gasteiger charge is 2.18. The largest absolute Gasteiger partial charge is 0.368 e. The number of nitrogens with one attached hydrogen (secondary N) is 1. The predicted octanol–water partition coefficient (Wildman–Crippen LogP) is 4.15. The number of rotatable bonds is 5. The van der Waals surface area contributed by atoms with Gasteiger partial charge in [-0.05, 0) is 51.6 Å². The minimum Gasteiger partial charge on any atom is -0.368 e. The summed E-state index contributed by atoms with van der Waals surface area (Å²) < 4.78 is 2.16. The van der Waals surface area contributed by atoms with Crippen molar-refractivity contribution < 1.29 is 0 Å². The molecule has 1 saturated heterocycles. The normalized spacial score (nSPS) is 15.2. The van der Waals surface area contributed by atoms with Crippen LogP contribution in [0.4, 0.5) is 17.5 Å². The minimum absolute atomic E-state index is 0.299. The van der Waals surface area contributed by atoms with E-state index in [9.17, 15) is 0 Å². The third-order valence-electron chi connectivity index (χ3n) is 6.30. The molecule has 4 aromatic rings. The average molecular weight is 431 g/mol. The number of imidazole rings is 1. The number of hydrogen-bond acceptors (Lipinski definition) is 7. The van der Waals surface area contributed by atoms with E-state index in [0.717, 1.165) is 66.2 Å². The molecule has 1 N–H and O–H groups in total. The predicted molar refractivity (Wildman–Crippen MR) is 130 cm³/mol. The lowest BCUT2D eigenvalue weighted by atomic mass is 10.2. The van der Waals surface area contributed by atoms with Crippen LogP contribution in [0.1, 0.15) is 32.5 Å². The molecule has 1 aliphatic heterocycles. The molecule has 4 heterocycles. The van der Waals surface area contributed by atoms with Gasteiger partial charge in [0.1, 0.15) is 11.3 Å². The van der Waals surface area contributed by atoms with Gasteiger partial charge in [-0.1, -0.05) is 6.92 Å². The van der Waals surface area contributed by atoms with Crippen LogP contribution in [0.2, 0.25) is 0 Å². The average Bonchev–Trinajstić information content (AvgIpc) is 3.24. The van der Waals surface area contributed by atoms with Crippen LogP contribution in [0, 0.1) is 6.92 Å². The zero-order valence-corrected chi connectivity index (χ0v) is 19.2. The fourth-order valence-electron chi connectivity index (χ4n) is 4.44. The molecule has 0 radical (unpaired) electrons. The Kier molecular flexibility index (Phi) is 5.38. The lowest BCUT2D eigenvalue weighted by Gasteiger charge is -2.36. The molecular weight excluding hydrogens is 400 g/mol. The molecule has 0 atom stereocenters. The molecule has 0 spiro atoms. The van der Waals surface area contributed by atoms with Gasteiger partial charge in [-0.3, -0.25) is 0 Å². The Bertz CT molecular complexity index is 1250. The highest BCUT2D eigenvalue weighted by Crippen LogP contribution is 2.27. The smallest absolute Gasteiger partial charge is 0.228 e. The summed E-state index contributed by atoms with van der Waals surface area (Å²) in [5.74, 6) is 1.29. The standard InChI is InChI=1S/C24H30N8/c1-5-30-10-12-31(13-11-30)20-8-9-21(27-17(20)4)28-24-25-14-18-6-7-19-23(22(18)29-24)32(15-26-19)16(2)3/h6-9,14-16H,5,10-13H2,1-4H3,(H,25,27,28,29). The number of aryl methyl sites for hydroxylation is 1. The van der Waals surface area contributed by atoms with Crippen molar-refractivity contribution in [2.45, 2.75) is 33.7 Å². The van der Waals surface area contributed by atoms with Crippen LogP contribution in [0.5, 0.6) is 0 Å². The first-order chi connectivity index (χ1) is 15.5. The monoisotopic (exact) mass is 430 g/mol. The van der Waals surface area contributed by atoms with Crippen LogP contribution < -0.4 is 10.2 Å². The topological polar surface area (TPSA) is 75.0 Å². The van der Waals surface area contributed by atoms with E-state index in [2.05, 4.69) is 63.4 Å². The van der Waals surface area contributed by atoms with Gasteiger partial charge in [0.25, 0.3) is 0 Å². The number of anilines is 3. The third-order valence-corrected chi connectivity index (χ3v) is 6.30. The SMILES string of the molecule is CCN1CCN(c2ccc(Nc3ncc4ccc5ncn(C(C)C)c5c4n3)nc2C)CC1. The van der Waals surface area contributed by atoms with E-state index in [1.807, 2.05) is 30.7 Å². The second kappa shape index (κ2) is 8.35. The fraction of sp³-hybridized carbons (Fsp3) is 0.417. The lowest BCUT2D eigenvalue weighted by Crippen LogP contribution is -2.46. The molecule has 166 valence electrons. The molecule has 1 aromatic carbocycles. The lowest BCUT2D eigenvalue weighted by molar-refractivity contribution is 0.271. The van der Waals surface area contributed by atoms with Crippen molar-refractivity contribution in [1.29, 1.82) is 0 Å². The van der Waals surface area contributed by atoms with Crippen LogP contribution in [0.3, 0.4) is 0 Å². The molecular formula is C24H30N8. The highest BCUT2D eigenvalue weighted by molar-refractivity contribution is 6.02. The van der Waals surface area contributed by atoms with Gasteiger partial charge in [0.2, 0.25) is 5.95 Å². The Morgan fingerprint density at radius 2 is 1.81 bits per heavy atom. The summed E-state index contributed by atoms with van der Waals surface area (Å²) in [6.07, 6.45) is 3.74. The first kappa shape index (κ1) is 20.6. The number of aromatic nitrogens is 5. The molecule has 0 unspecified atom stereocenters. The molecule has 0 amide bonds. The fourth-order valence-corrected chi connectivity index (χ4v) is 4.44. The van der Waals surface area contributed by atoms with Gasteiger partial charge in [0.15, 0.2) is 0 Å². The van der Waals surface area contributed by atoms with Crippen LogP contribution in [0.15, 0.2) is 36.8 Å². The summed E-state index contributed by atoms with van der Waals surface area (Å²) in [7, 11) is 0. The van der Waals surface area contributed by atoms with Gasteiger partial charge in [0.05, 0.1) is 28.7 Å². The van der Waals surface area contributed by atoms with Crippen molar-refractivity contribution in [3.05, 3.63) is 42.5 Å². The van der Waals surface area contributed by atoms with Crippen molar-refractivity contribution in [1.82, 2.24) is 29.4 Å². The van der Waals surface area contributed by atoms with E-state index in [0.29, 0.717) is 12.0 Å². The van der Waals surface area contributed by atoms with E-state index in [4.69, 9.17) is 9.97 Å². The maximum atomic E-state index is 4.83. The van der Waals surface area contributed by atoms with Crippen LogP contribution in [0.25, 0.3) is 21.9 Å². The van der Waals surface area contributed by atoms with E-state index < -0.39 is 0 Å². The Morgan fingerprint density at radius 3 is 2.53 bits per heavy atom. The number of hydrogen-bond donors (Lipinski definition) is 1. The minimum atomic E-state index is 0.299. The molecule has 1 aliphatic rings. The zero-order valence-electron chi connectivity index (χ0n) is 19.2. The molecule has 0 bridgehead atoms. The number of fused-ring (bicyclic) bond motifs is 3. The number of piperazine rings is 1. The van der Waals surface area contributed by atoms with Gasteiger partial charge in [-0.2, -0.15) is 0 Å². The van der Waals surface area contributed by atoms with Crippen molar-refractivity contribution in [3.8, 4) is 0 Å². The van der Waals surface area contributed by atoms with Crippen LogP contribution in [-0.4, -0.2) is 62.1 Å². The Morgan fingerprint density at radius 1 is 1.00 bits per heavy atom. The number of nitrogens with zero attached hydrogens (tertiary/aromatic N) is 7. The first-order valence-electron chi connectivity index (χ1n) is 11.4. The van der Waals surface area contributed by atoms with Gasteiger partial charge < -0.3 is 19.7 Å². The van der Waals surface area contributed by atoms with Crippen molar-refractivity contribution in [3.63, 3.8) is 0 Å². The highest BCUT2D eigenvalue weighted by atomic mass is 15.3. The number of benzene rings is 1. The molecule has 1 fully saturated rings. The van der Waals surface area contributed by atoms with E-state index >= 15 is 0 Å². The molecule has 32 heavy (non-hydrogen) atoms. The maximum absolute atomic E-state index is 4.83. The zero-order chi connectivity index (χ0) is 22.2. The van der Waals surface area contributed by atoms with E-state index in [-0.39, 0.29) is 0 Å². The quantitative estimate of drug-likeness (QED) is 0.510. The number of likely N-dealkylation sites (N-methyl/N-ethyl adjacent to an activating group) is 1. The van der Waals surface area contributed by atoms with Gasteiger partial charge in [-0.25, -0.2) is 19.9 Å². The summed E-state index contributed by atoms with van der Waals surface area (Å²) in [5, 5.41) is 4.30. The summed E-state index contributed by atoms with van der Waals surface area (Å²) >= 11 is 0.